The van der Waals surface area contributed by atoms with Gasteiger partial charge in [0.2, 0.25) is 0 Å². The number of hydrogen-bond acceptors (Lipinski definition) is 3. The molecule has 1 aromatic rings. The predicted molar refractivity (Wildman–Crippen MR) is 58.2 cm³/mol. The molecule has 0 amide bonds. The number of carboxylic acids is 1. The van der Waals surface area contributed by atoms with Gasteiger partial charge in [-0.3, -0.25) is 0 Å². The Morgan fingerprint density at radius 1 is 1.50 bits per heavy atom. The van der Waals surface area contributed by atoms with Crippen LogP contribution in [0.25, 0.3) is 0 Å². The highest BCUT2D eigenvalue weighted by molar-refractivity contribution is 14.1. The van der Waals surface area contributed by atoms with Crippen molar-refractivity contribution >= 4 is 28.6 Å². The van der Waals surface area contributed by atoms with E-state index in [1.807, 2.05) is 22.6 Å². The quantitative estimate of drug-likeness (QED) is 0.822. The normalized spacial score (nSPS) is 11.4. The Balaban J connectivity index is 2.75. The van der Waals surface area contributed by atoms with E-state index in [1.54, 1.807) is 6.07 Å². The van der Waals surface area contributed by atoms with Crippen LogP contribution in [-0.2, 0) is 16.1 Å². The van der Waals surface area contributed by atoms with Gasteiger partial charge in [0, 0.05) is 9.13 Å². The summed E-state index contributed by atoms with van der Waals surface area (Å²) >= 11 is 1.93. The molecule has 0 aliphatic rings. The van der Waals surface area contributed by atoms with Crippen LogP contribution in [0.4, 0.5) is 8.78 Å². The molecule has 16 heavy (non-hydrogen) atoms. The molecule has 88 valence electrons. The van der Waals surface area contributed by atoms with Crippen molar-refractivity contribution in [2.24, 2.45) is 0 Å². The van der Waals surface area contributed by atoms with Crippen LogP contribution in [0.5, 0.6) is 5.75 Å². The number of phenols is 1. The molecule has 0 fully saturated rings. The fraction of sp³-hybridized carbons (Fsp3) is 0.222. The minimum atomic E-state index is -4.26. The molecule has 0 spiro atoms. The molecule has 0 aliphatic heterocycles. The van der Waals surface area contributed by atoms with Crippen molar-refractivity contribution < 1.29 is 28.5 Å². The first kappa shape index (κ1) is 13.1. The monoisotopic (exact) mass is 344 g/mol. The summed E-state index contributed by atoms with van der Waals surface area (Å²) in [6.07, 6.45) is -4.26. The van der Waals surface area contributed by atoms with Crippen molar-refractivity contribution in [3.63, 3.8) is 0 Å². The molecule has 0 bridgehead atoms. The lowest BCUT2D eigenvalue weighted by atomic mass is 10.2. The molecule has 0 saturated heterocycles. The maximum Gasteiger partial charge on any atom is 0.456 e. The topological polar surface area (TPSA) is 66.8 Å². The van der Waals surface area contributed by atoms with E-state index in [4.69, 9.17) is 5.11 Å². The van der Waals surface area contributed by atoms with Crippen LogP contribution < -0.4 is 0 Å². The Hall–Kier alpha value is -0.960. The second kappa shape index (κ2) is 4.91. The first-order valence-electron chi connectivity index (χ1n) is 4.05. The van der Waals surface area contributed by atoms with Gasteiger partial charge in [0.25, 0.3) is 0 Å². The van der Waals surface area contributed by atoms with Gasteiger partial charge in [0.1, 0.15) is 5.75 Å². The number of rotatable bonds is 4. The molecular formula is C9H7F2IO4. The van der Waals surface area contributed by atoms with Crippen molar-refractivity contribution in [2.75, 3.05) is 0 Å². The Morgan fingerprint density at radius 2 is 2.12 bits per heavy atom. The third-order valence-corrected chi connectivity index (χ3v) is 2.37. The van der Waals surface area contributed by atoms with Crippen LogP contribution >= 0.6 is 22.6 Å². The van der Waals surface area contributed by atoms with Crippen LogP contribution in [0.1, 0.15) is 5.56 Å². The van der Waals surface area contributed by atoms with Crippen molar-refractivity contribution in [2.45, 2.75) is 12.7 Å². The van der Waals surface area contributed by atoms with Gasteiger partial charge in [0.15, 0.2) is 0 Å². The number of ether oxygens (including phenoxy) is 1. The van der Waals surface area contributed by atoms with Crippen molar-refractivity contribution in [1.29, 1.82) is 0 Å². The summed E-state index contributed by atoms with van der Waals surface area (Å²) in [6.45, 7) is -0.679. The van der Waals surface area contributed by atoms with Gasteiger partial charge in [-0.15, -0.1) is 0 Å². The van der Waals surface area contributed by atoms with Gasteiger partial charge >= 0.3 is 12.1 Å². The summed E-state index contributed by atoms with van der Waals surface area (Å²) in [4.78, 5) is 10.1. The largest absolute Gasteiger partial charge is 0.508 e. The molecule has 0 radical (unpaired) electrons. The predicted octanol–water partition coefficient (Wildman–Crippen LogP) is 2.19. The molecule has 0 aliphatic carbocycles. The van der Waals surface area contributed by atoms with E-state index in [-0.39, 0.29) is 11.3 Å². The van der Waals surface area contributed by atoms with E-state index in [0.717, 1.165) is 0 Å². The molecule has 7 heteroatoms. The number of carboxylic acid groups (broad SMARTS) is 1. The van der Waals surface area contributed by atoms with Gasteiger partial charge in [-0.2, -0.15) is 8.78 Å². The Kier molecular flexibility index (Phi) is 4.03. The molecular weight excluding hydrogens is 337 g/mol. The maximum atomic E-state index is 12.6. The first-order valence-corrected chi connectivity index (χ1v) is 5.13. The van der Waals surface area contributed by atoms with Crippen molar-refractivity contribution in [1.82, 2.24) is 0 Å². The van der Waals surface area contributed by atoms with E-state index >= 15 is 0 Å². The summed E-state index contributed by atoms with van der Waals surface area (Å²) in [5.41, 5.74) is 0.104. The third kappa shape index (κ3) is 3.27. The first-order chi connectivity index (χ1) is 7.33. The lowest BCUT2D eigenvalue weighted by Crippen LogP contribution is -2.31. The number of alkyl halides is 2. The van der Waals surface area contributed by atoms with Crippen LogP contribution in [0, 0.1) is 3.57 Å². The second-order valence-corrected chi connectivity index (χ2v) is 4.13. The molecule has 0 saturated carbocycles. The van der Waals surface area contributed by atoms with Gasteiger partial charge < -0.3 is 14.9 Å². The molecule has 0 aromatic heterocycles. The summed E-state index contributed by atoms with van der Waals surface area (Å²) in [7, 11) is 0. The molecule has 0 atom stereocenters. The highest BCUT2D eigenvalue weighted by atomic mass is 127. The average molecular weight is 344 g/mol. The average Bonchev–Trinajstić information content (AvgIpc) is 2.19. The Labute approximate surface area is 103 Å². The summed E-state index contributed by atoms with van der Waals surface area (Å²) in [5, 5.41) is 17.4. The van der Waals surface area contributed by atoms with Crippen LogP contribution in [0.15, 0.2) is 18.2 Å². The summed E-state index contributed by atoms with van der Waals surface area (Å²) in [5.74, 6) is -2.58. The summed E-state index contributed by atoms with van der Waals surface area (Å²) in [6, 6.07) is 4.32. The molecule has 2 N–H and O–H groups in total. The zero-order valence-electron chi connectivity index (χ0n) is 7.78. The van der Waals surface area contributed by atoms with Gasteiger partial charge in [-0.05, 0) is 40.8 Å². The standard InChI is InChI=1S/C9H7F2IO4/c10-9(11,8(14)15)16-4-5-3-6(12)1-2-7(5)13/h1-3,13H,4H2,(H,14,15). The minimum Gasteiger partial charge on any atom is -0.508 e. The van der Waals surface area contributed by atoms with E-state index in [9.17, 15) is 18.7 Å². The van der Waals surface area contributed by atoms with Crippen LogP contribution in [0.3, 0.4) is 0 Å². The van der Waals surface area contributed by atoms with E-state index in [1.165, 1.54) is 12.1 Å². The maximum absolute atomic E-state index is 12.6. The third-order valence-electron chi connectivity index (χ3n) is 1.70. The molecule has 1 aromatic carbocycles. The molecule has 0 unspecified atom stereocenters. The SMILES string of the molecule is O=C(O)C(F)(F)OCc1cc(I)ccc1O. The fourth-order valence-corrected chi connectivity index (χ4v) is 1.46. The number of aliphatic carboxylic acids is 1. The summed E-state index contributed by atoms with van der Waals surface area (Å²) < 4.78 is 29.8. The highest BCUT2D eigenvalue weighted by Crippen LogP contribution is 2.24. The Bertz CT molecular complexity index is 408. The van der Waals surface area contributed by atoms with E-state index < -0.39 is 18.7 Å². The van der Waals surface area contributed by atoms with Crippen molar-refractivity contribution in [3.8, 4) is 5.75 Å². The van der Waals surface area contributed by atoms with Gasteiger partial charge in [-0.1, -0.05) is 0 Å². The van der Waals surface area contributed by atoms with Gasteiger partial charge in [0.05, 0.1) is 6.61 Å². The van der Waals surface area contributed by atoms with Crippen LogP contribution in [-0.4, -0.2) is 22.3 Å². The van der Waals surface area contributed by atoms with E-state index in [0.29, 0.717) is 3.57 Å². The zero-order chi connectivity index (χ0) is 12.3. The smallest absolute Gasteiger partial charge is 0.456 e. The van der Waals surface area contributed by atoms with Crippen molar-refractivity contribution in [3.05, 3.63) is 27.3 Å². The van der Waals surface area contributed by atoms with Crippen LogP contribution in [0.2, 0.25) is 0 Å². The highest BCUT2D eigenvalue weighted by Gasteiger charge is 2.40. The molecule has 4 nitrogen and oxygen atoms in total. The number of aromatic hydroxyl groups is 1. The van der Waals surface area contributed by atoms with E-state index in [2.05, 4.69) is 4.74 Å². The molecule has 0 heterocycles. The lowest BCUT2D eigenvalue weighted by molar-refractivity contribution is -0.250. The number of carbonyl (C=O) groups is 1. The van der Waals surface area contributed by atoms with Gasteiger partial charge in [-0.25, -0.2) is 4.79 Å². The Morgan fingerprint density at radius 3 is 2.69 bits per heavy atom. The molecule has 1 rings (SSSR count). The second-order valence-electron chi connectivity index (χ2n) is 2.88. The number of benzene rings is 1. The zero-order valence-corrected chi connectivity index (χ0v) is 9.94. The fourth-order valence-electron chi connectivity index (χ4n) is 0.900. The number of halogens is 3. The number of phenolic OH excluding ortho intramolecular Hbond substituents is 1. The minimum absolute atomic E-state index is 0.104. The lowest BCUT2D eigenvalue weighted by Gasteiger charge is -2.12. The number of hydrogen-bond donors (Lipinski definition) is 2.